The van der Waals surface area contributed by atoms with E-state index in [4.69, 9.17) is 0 Å². The van der Waals surface area contributed by atoms with Crippen LogP contribution in [0, 0.1) is 22.7 Å². The Kier molecular flexibility index (Phi) is 4.71. The van der Waals surface area contributed by atoms with Crippen LogP contribution in [-0.4, -0.2) is 45.8 Å². The quantitative estimate of drug-likeness (QED) is 0.637. The Hall–Kier alpha value is -0.680. The highest BCUT2D eigenvalue weighted by molar-refractivity contribution is 5.44. The largest absolute Gasteiger partial charge is 0.396 e. The van der Waals surface area contributed by atoms with Crippen LogP contribution in [0.3, 0.4) is 0 Å². The fourth-order valence-corrected chi connectivity index (χ4v) is 5.71. The Balaban J connectivity index is 2.14. The summed E-state index contributed by atoms with van der Waals surface area (Å²) in [4.78, 5) is 0. The average molecular weight is 336 g/mol. The van der Waals surface area contributed by atoms with Crippen LogP contribution in [0.25, 0.3) is 0 Å². The maximum Gasteiger partial charge on any atom is 0.102 e. The maximum absolute atomic E-state index is 10.7. The van der Waals surface area contributed by atoms with Gasteiger partial charge in [0.1, 0.15) is 6.10 Å². The van der Waals surface area contributed by atoms with E-state index in [0.29, 0.717) is 0 Å². The highest BCUT2D eigenvalue weighted by Gasteiger charge is 2.56. The van der Waals surface area contributed by atoms with Crippen molar-refractivity contribution in [2.45, 2.75) is 65.1 Å². The van der Waals surface area contributed by atoms with Crippen LogP contribution in [0.2, 0.25) is 0 Å². The molecule has 0 aromatic rings. The second kappa shape index (κ2) is 6.24. The summed E-state index contributed by atoms with van der Waals surface area (Å²) >= 11 is 0. The molecule has 0 amide bonds. The minimum atomic E-state index is -0.884. The molecule has 1 fully saturated rings. The average Bonchev–Trinajstić information content (AvgIpc) is 2.67. The SMILES string of the molecule is CC(CO)C1C(O)C(O)C2=CC3=C(CO)CCCC3(C)CCC21C. The van der Waals surface area contributed by atoms with Crippen molar-refractivity contribution in [1.29, 1.82) is 0 Å². The lowest BCUT2D eigenvalue weighted by atomic mass is 9.65. The van der Waals surface area contributed by atoms with Crippen molar-refractivity contribution in [3.05, 3.63) is 22.8 Å². The zero-order valence-electron chi connectivity index (χ0n) is 15.1. The van der Waals surface area contributed by atoms with Crippen molar-refractivity contribution in [3.63, 3.8) is 0 Å². The van der Waals surface area contributed by atoms with Gasteiger partial charge in [0.05, 0.1) is 12.7 Å². The molecule has 0 aromatic heterocycles. The van der Waals surface area contributed by atoms with Crippen molar-refractivity contribution in [2.24, 2.45) is 22.7 Å². The third-order valence-electron chi connectivity index (χ3n) is 7.23. The van der Waals surface area contributed by atoms with Gasteiger partial charge in [0.15, 0.2) is 0 Å². The molecule has 4 heteroatoms. The molecule has 0 bridgehead atoms. The van der Waals surface area contributed by atoms with E-state index in [2.05, 4.69) is 19.9 Å². The maximum atomic E-state index is 10.7. The van der Waals surface area contributed by atoms with Crippen LogP contribution < -0.4 is 0 Å². The Labute approximate surface area is 144 Å². The molecule has 4 N–H and O–H groups in total. The van der Waals surface area contributed by atoms with Gasteiger partial charge in [-0.15, -0.1) is 0 Å². The Morgan fingerprint density at radius 2 is 1.88 bits per heavy atom. The van der Waals surface area contributed by atoms with Gasteiger partial charge in [-0.05, 0) is 65.6 Å². The first-order chi connectivity index (χ1) is 11.3. The molecule has 0 radical (unpaired) electrons. The second-order valence-electron chi connectivity index (χ2n) is 8.73. The van der Waals surface area contributed by atoms with Gasteiger partial charge in [0.25, 0.3) is 0 Å². The smallest absolute Gasteiger partial charge is 0.102 e. The van der Waals surface area contributed by atoms with Gasteiger partial charge in [-0.1, -0.05) is 26.8 Å². The van der Waals surface area contributed by atoms with Crippen molar-refractivity contribution in [2.75, 3.05) is 13.2 Å². The molecule has 0 saturated heterocycles. The Morgan fingerprint density at radius 3 is 2.50 bits per heavy atom. The number of fused-ring (bicyclic) bond motifs is 2. The molecule has 6 unspecified atom stereocenters. The van der Waals surface area contributed by atoms with Crippen LogP contribution in [0.15, 0.2) is 22.8 Å². The molecule has 136 valence electrons. The van der Waals surface area contributed by atoms with E-state index in [9.17, 15) is 20.4 Å². The monoisotopic (exact) mass is 336 g/mol. The summed E-state index contributed by atoms with van der Waals surface area (Å²) in [7, 11) is 0. The highest BCUT2D eigenvalue weighted by Crippen LogP contribution is 2.59. The standard InChI is InChI=1S/C20H32O4/c1-12(10-21)16-18(24)17(23)15-9-14-13(11-22)5-4-6-19(14,2)7-8-20(15,16)3/h9,12,16-18,21-24H,4-8,10-11H2,1-3H3. The molecule has 0 spiro atoms. The van der Waals surface area contributed by atoms with Crippen molar-refractivity contribution >= 4 is 0 Å². The number of aliphatic hydroxyl groups is 4. The molecule has 6 atom stereocenters. The van der Waals surface area contributed by atoms with E-state index < -0.39 is 12.2 Å². The highest BCUT2D eigenvalue weighted by atomic mass is 16.3. The lowest BCUT2D eigenvalue weighted by Crippen LogP contribution is -2.37. The zero-order valence-corrected chi connectivity index (χ0v) is 15.1. The first kappa shape index (κ1) is 18.1. The van der Waals surface area contributed by atoms with Crippen LogP contribution in [0.4, 0.5) is 0 Å². The van der Waals surface area contributed by atoms with Crippen LogP contribution in [0.1, 0.15) is 52.9 Å². The lowest BCUT2D eigenvalue weighted by Gasteiger charge is -2.39. The lowest BCUT2D eigenvalue weighted by molar-refractivity contribution is -0.0158. The normalized spacial score (nSPS) is 43.8. The molecule has 0 heterocycles. The van der Waals surface area contributed by atoms with Gasteiger partial charge in [-0.3, -0.25) is 0 Å². The number of hydrogen-bond acceptors (Lipinski definition) is 4. The van der Waals surface area contributed by atoms with Gasteiger partial charge in [-0.2, -0.15) is 0 Å². The van der Waals surface area contributed by atoms with Gasteiger partial charge < -0.3 is 20.4 Å². The topological polar surface area (TPSA) is 80.9 Å². The van der Waals surface area contributed by atoms with E-state index in [0.717, 1.165) is 43.3 Å². The predicted octanol–water partition coefficient (Wildman–Crippen LogP) is 2.17. The summed E-state index contributed by atoms with van der Waals surface area (Å²) in [5.41, 5.74) is 2.88. The van der Waals surface area contributed by atoms with Crippen molar-refractivity contribution < 1.29 is 20.4 Å². The summed E-state index contributed by atoms with van der Waals surface area (Å²) in [5, 5.41) is 40.9. The molecule has 24 heavy (non-hydrogen) atoms. The van der Waals surface area contributed by atoms with Gasteiger partial charge in [-0.25, -0.2) is 0 Å². The van der Waals surface area contributed by atoms with Crippen molar-refractivity contribution in [3.8, 4) is 0 Å². The predicted molar refractivity (Wildman–Crippen MR) is 93.2 cm³/mol. The molecule has 3 aliphatic carbocycles. The summed E-state index contributed by atoms with van der Waals surface area (Å²) in [6.07, 6.45) is 5.35. The molecule has 3 aliphatic rings. The summed E-state index contributed by atoms with van der Waals surface area (Å²) in [6, 6.07) is 0. The van der Waals surface area contributed by atoms with Gasteiger partial charge >= 0.3 is 0 Å². The molecule has 0 aromatic carbocycles. The first-order valence-electron chi connectivity index (χ1n) is 9.31. The summed E-state index contributed by atoms with van der Waals surface area (Å²) < 4.78 is 0. The Morgan fingerprint density at radius 1 is 1.17 bits per heavy atom. The van der Waals surface area contributed by atoms with E-state index in [1.165, 1.54) is 5.57 Å². The van der Waals surface area contributed by atoms with E-state index in [1.54, 1.807) is 0 Å². The van der Waals surface area contributed by atoms with E-state index in [1.807, 2.05) is 6.92 Å². The third-order valence-corrected chi connectivity index (χ3v) is 7.23. The molecule has 1 saturated carbocycles. The van der Waals surface area contributed by atoms with Crippen molar-refractivity contribution in [1.82, 2.24) is 0 Å². The number of rotatable bonds is 3. The summed E-state index contributed by atoms with van der Waals surface area (Å²) in [5.74, 6) is -0.213. The van der Waals surface area contributed by atoms with Crippen LogP contribution >= 0.6 is 0 Å². The van der Waals surface area contributed by atoms with Crippen LogP contribution in [-0.2, 0) is 0 Å². The Bertz CT molecular complexity index is 566. The fraction of sp³-hybridized carbons (Fsp3) is 0.800. The minimum Gasteiger partial charge on any atom is -0.396 e. The minimum absolute atomic E-state index is 0.0131. The molecule has 4 nitrogen and oxygen atoms in total. The summed E-state index contributed by atoms with van der Waals surface area (Å²) in [6.45, 7) is 6.44. The van der Waals surface area contributed by atoms with Gasteiger partial charge in [0.2, 0.25) is 0 Å². The van der Waals surface area contributed by atoms with Crippen LogP contribution in [0.5, 0.6) is 0 Å². The van der Waals surface area contributed by atoms with Gasteiger partial charge in [0, 0.05) is 12.5 Å². The molecule has 0 aliphatic heterocycles. The first-order valence-corrected chi connectivity index (χ1v) is 9.31. The number of allylic oxidation sites excluding steroid dienone is 2. The zero-order chi connectivity index (χ0) is 17.7. The van der Waals surface area contributed by atoms with E-state index in [-0.39, 0.29) is 35.9 Å². The van der Waals surface area contributed by atoms with E-state index >= 15 is 0 Å². The molecule has 3 rings (SSSR count). The molecular formula is C20H32O4. The molecular weight excluding hydrogens is 304 g/mol. The second-order valence-corrected chi connectivity index (χ2v) is 8.73. The third kappa shape index (κ3) is 2.50. The fourth-order valence-electron chi connectivity index (χ4n) is 5.71. The number of hydrogen-bond donors (Lipinski definition) is 4. The number of aliphatic hydroxyl groups excluding tert-OH is 4.